The molecule has 0 atom stereocenters. The average Bonchev–Trinajstić information content (AvgIpc) is 3.25. The van der Waals surface area contributed by atoms with Gasteiger partial charge in [0.25, 0.3) is 5.91 Å². The minimum absolute atomic E-state index is 0.0452. The molecule has 1 fully saturated rings. The fourth-order valence-corrected chi connectivity index (χ4v) is 2.88. The highest BCUT2D eigenvalue weighted by Crippen LogP contribution is 2.37. The van der Waals surface area contributed by atoms with E-state index < -0.39 is 17.4 Å². The molecular formula is C16H19N5O4. The molecule has 1 saturated carbocycles. The molecule has 2 aromatic heterocycles. The van der Waals surface area contributed by atoms with Crippen LogP contribution in [0.1, 0.15) is 78.1 Å². The number of aromatic nitrogens is 4. The van der Waals surface area contributed by atoms with E-state index in [2.05, 4.69) is 25.4 Å². The van der Waals surface area contributed by atoms with Crippen LogP contribution in [0.25, 0.3) is 0 Å². The Labute approximate surface area is 143 Å². The first-order valence-electron chi connectivity index (χ1n) is 8.13. The SMILES string of the molecule is CC(C)c1nc(C2(NC(=O)c3cnc(C(=O)O)cn3)CCCC2)no1. The van der Waals surface area contributed by atoms with Crippen LogP contribution in [0.15, 0.2) is 16.9 Å². The van der Waals surface area contributed by atoms with Gasteiger partial charge in [0, 0.05) is 5.92 Å². The molecule has 1 aliphatic carbocycles. The number of nitrogens with zero attached hydrogens (tertiary/aromatic N) is 4. The average molecular weight is 345 g/mol. The van der Waals surface area contributed by atoms with Crippen molar-refractivity contribution in [3.8, 4) is 0 Å². The molecule has 1 amide bonds. The molecule has 0 unspecified atom stereocenters. The van der Waals surface area contributed by atoms with E-state index in [1.54, 1.807) is 0 Å². The Morgan fingerprint density at radius 2 is 1.84 bits per heavy atom. The highest BCUT2D eigenvalue weighted by Gasteiger charge is 2.42. The number of rotatable bonds is 5. The summed E-state index contributed by atoms with van der Waals surface area (Å²) in [5, 5.41) is 15.9. The monoisotopic (exact) mass is 345 g/mol. The predicted molar refractivity (Wildman–Crippen MR) is 85.0 cm³/mol. The summed E-state index contributed by atoms with van der Waals surface area (Å²) in [4.78, 5) is 35.4. The van der Waals surface area contributed by atoms with Crippen LogP contribution in [0.5, 0.6) is 0 Å². The lowest BCUT2D eigenvalue weighted by Crippen LogP contribution is -2.45. The van der Waals surface area contributed by atoms with E-state index in [1.165, 1.54) is 0 Å². The second-order valence-electron chi connectivity index (χ2n) is 6.45. The van der Waals surface area contributed by atoms with Gasteiger partial charge in [0.05, 0.1) is 12.4 Å². The molecule has 1 aliphatic rings. The molecule has 9 nitrogen and oxygen atoms in total. The van der Waals surface area contributed by atoms with Gasteiger partial charge in [-0.05, 0) is 12.8 Å². The second kappa shape index (κ2) is 6.58. The number of hydrogen-bond acceptors (Lipinski definition) is 7. The third-order valence-corrected chi connectivity index (χ3v) is 4.28. The van der Waals surface area contributed by atoms with Gasteiger partial charge in [0.1, 0.15) is 11.2 Å². The Morgan fingerprint density at radius 3 is 2.36 bits per heavy atom. The molecule has 0 aromatic carbocycles. The molecule has 3 rings (SSSR count). The number of carboxylic acid groups (broad SMARTS) is 1. The predicted octanol–water partition coefficient (Wildman–Crippen LogP) is 1.88. The maximum absolute atomic E-state index is 12.6. The first-order valence-corrected chi connectivity index (χ1v) is 8.13. The smallest absolute Gasteiger partial charge is 0.356 e. The Balaban J connectivity index is 1.83. The third-order valence-electron chi connectivity index (χ3n) is 4.28. The highest BCUT2D eigenvalue weighted by molar-refractivity contribution is 5.93. The van der Waals surface area contributed by atoms with E-state index in [0.717, 1.165) is 25.2 Å². The van der Waals surface area contributed by atoms with Crippen LogP contribution in [-0.2, 0) is 5.54 Å². The lowest BCUT2D eigenvalue weighted by molar-refractivity contribution is 0.0688. The summed E-state index contributed by atoms with van der Waals surface area (Å²) in [6, 6.07) is 0. The highest BCUT2D eigenvalue weighted by atomic mass is 16.5. The fourth-order valence-electron chi connectivity index (χ4n) is 2.88. The fraction of sp³-hybridized carbons (Fsp3) is 0.500. The van der Waals surface area contributed by atoms with E-state index in [9.17, 15) is 9.59 Å². The van der Waals surface area contributed by atoms with Crippen molar-refractivity contribution in [1.82, 2.24) is 25.4 Å². The minimum atomic E-state index is -1.19. The summed E-state index contributed by atoms with van der Waals surface area (Å²) in [6.07, 6.45) is 5.50. The molecule has 2 heterocycles. The maximum atomic E-state index is 12.6. The normalized spacial score (nSPS) is 16.1. The van der Waals surface area contributed by atoms with Crippen molar-refractivity contribution in [1.29, 1.82) is 0 Å². The quantitative estimate of drug-likeness (QED) is 0.839. The van der Waals surface area contributed by atoms with E-state index >= 15 is 0 Å². The van der Waals surface area contributed by atoms with Crippen LogP contribution < -0.4 is 5.32 Å². The number of hydrogen-bond donors (Lipinski definition) is 2. The Hall–Kier alpha value is -2.84. The molecule has 9 heteroatoms. The zero-order valence-corrected chi connectivity index (χ0v) is 14.0. The van der Waals surface area contributed by atoms with Gasteiger partial charge in [0.15, 0.2) is 11.5 Å². The van der Waals surface area contributed by atoms with Gasteiger partial charge in [-0.15, -0.1) is 0 Å². The first-order chi connectivity index (χ1) is 11.9. The standard InChI is InChI=1S/C16H19N5O4/c1-9(2)13-19-15(21-25-13)16(5-3-4-6-16)20-12(22)10-7-18-11(8-17-10)14(23)24/h7-9H,3-6H2,1-2H3,(H,20,22)(H,23,24). The van der Waals surface area contributed by atoms with Gasteiger partial charge in [-0.1, -0.05) is 31.8 Å². The van der Waals surface area contributed by atoms with Crippen LogP contribution in [-0.4, -0.2) is 37.1 Å². The van der Waals surface area contributed by atoms with Gasteiger partial charge in [-0.3, -0.25) is 4.79 Å². The Kier molecular flexibility index (Phi) is 4.47. The maximum Gasteiger partial charge on any atom is 0.356 e. The number of carboxylic acids is 1. The summed E-state index contributed by atoms with van der Waals surface area (Å²) in [5.74, 6) is -0.537. The summed E-state index contributed by atoms with van der Waals surface area (Å²) in [6.45, 7) is 3.91. The van der Waals surface area contributed by atoms with E-state index in [1.807, 2.05) is 13.8 Å². The van der Waals surface area contributed by atoms with Crippen LogP contribution in [0, 0.1) is 0 Å². The van der Waals surface area contributed by atoms with Crippen molar-refractivity contribution in [2.45, 2.75) is 51.0 Å². The molecule has 2 N–H and O–H groups in total. The van der Waals surface area contributed by atoms with E-state index in [0.29, 0.717) is 24.6 Å². The Morgan fingerprint density at radius 1 is 1.20 bits per heavy atom. The van der Waals surface area contributed by atoms with Crippen molar-refractivity contribution in [3.63, 3.8) is 0 Å². The van der Waals surface area contributed by atoms with Crippen LogP contribution in [0.2, 0.25) is 0 Å². The molecule has 2 aromatic rings. The molecule has 0 spiro atoms. The van der Waals surface area contributed by atoms with Gasteiger partial charge in [-0.2, -0.15) is 4.98 Å². The van der Waals surface area contributed by atoms with Gasteiger partial charge in [0.2, 0.25) is 5.89 Å². The molecule has 25 heavy (non-hydrogen) atoms. The number of amides is 1. The summed E-state index contributed by atoms with van der Waals surface area (Å²) in [5.41, 5.74) is -0.864. The van der Waals surface area contributed by atoms with Gasteiger partial charge >= 0.3 is 5.97 Å². The van der Waals surface area contributed by atoms with Crippen LogP contribution >= 0.6 is 0 Å². The Bertz CT molecular complexity index is 778. The number of carbonyl (C=O) groups is 2. The number of aromatic carboxylic acids is 1. The van der Waals surface area contributed by atoms with Crippen LogP contribution in [0.3, 0.4) is 0 Å². The van der Waals surface area contributed by atoms with Crippen molar-refractivity contribution in [2.24, 2.45) is 0 Å². The molecule has 132 valence electrons. The third kappa shape index (κ3) is 3.35. The molecule has 0 bridgehead atoms. The van der Waals surface area contributed by atoms with Crippen molar-refractivity contribution >= 4 is 11.9 Å². The van der Waals surface area contributed by atoms with Gasteiger partial charge < -0.3 is 14.9 Å². The van der Waals surface area contributed by atoms with Gasteiger partial charge in [-0.25, -0.2) is 14.8 Å². The van der Waals surface area contributed by atoms with E-state index in [4.69, 9.17) is 9.63 Å². The lowest BCUT2D eigenvalue weighted by atomic mass is 9.96. The summed E-state index contributed by atoms with van der Waals surface area (Å²) < 4.78 is 5.29. The molecule has 0 radical (unpaired) electrons. The number of nitrogens with one attached hydrogen (secondary N) is 1. The molecule has 0 saturated heterocycles. The minimum Gasteiger partial charge on any atom is -0.476 e. The van der Waals surface area contributed by atoms with Crippen molar-refractivity contribution < 1.29 is 19.2 Å². The number of carbonyl (C=O) groups excluding carboxylic acids is 1. The zero-order chi connectivity index (χ0) is 18.0. The van der Waals surface area contributed by atoms with Crippen molar-refractivity contribution in [2.75, 3.05) is 0 Å². The first kappa shape index (κ1) is 17.0. The topological polar surface area (TPSA) is 131 Å². The molecular weight excluding hydrogens is 326 g/mol. The largest absolute Gasteiger partial charge is 0.476 e. The summed E-state index contributed by atoms with van der Waals surface area (Å²) in [7, 11) is 0. The van der Waals surface area contributed by atoms with Crippen molar-refractivity contribution in [3.05, 3.63) is 35.5 Å². The van der Waals surface area contributed by atoms with E-state index in [-0.39, 0.29) is 17.3 Å². The second-order valence-corrected chi connectivity index (χ2v) is 6.45. The lowest BCUT2D eigenvalue weighted by Gasteiger charge is -2.26. The molecule has 0 aliphatic heterocycles. The van der Waals surface area contributed by atoms with Crippen LogP contribution in [0.4, 0.5) is 0 Å². The summed E-state index contributed by atoms with van der Waals surface area (Å²) >= 11 is 0. The zero-order valence-electron chi connectivity index (χ0n) is 14.0.